The molecule has 2 heterocycles. The molecule has 2 aliphatic rings. The molecule has 110 valence electrons. The van der Waals surface area contributed by atoms with Crippen LogP contribution < -0.4 is 10.9 Å². The topological polar surface area (TPSA) is 59.4 Å². The van der Waals surface area contributed by atoms with Crippen molar-refractivity contribution in [3.05, 3.63) is 22.7 Å². The highest BCUT2D eigenvalue weighted by atomic mass is 16.5. The van der Waals surface area contributed by atoms with E-state index in [9.17, 15) is 4.79 Å². The summed E-state index contributed by atoms with van der Waals surface area (Å²) >= 11 is 0. The molecule has 20 heavy (non-hydrogen) atoms. The summed E-state index contributed by atoms with van der Waals surface area (Å²) in [7, 11) is 0. The molecule has 3 rings (SSSR count). The number of anilines is 1. The van der Waals surface area contributed by atoms with E-state index < -0.39 is 0 Å². The van der Waals surface area contributed by atoms with Gasteiger partial charge in [-0.05, 0) is 19.4 Å². The fourth-order valence-electron chi connectivity index (χ4n) is 2.59. The fraction of sp³-hybridized carbons (Fsp3) is 0.714. The monoisotopic (exact) mass is 278 g/mol. The first-order chi connectivity index (χ1) is 9.78. The molecule has 1 aromatic heterocycles. The lowest BCUT2D eigenvalue weighted by Gasteiger charge is -2.32. The van der Waals surface area contributed by atoms with E-state index in [4.69, 9.17) is 4.74 Å². The van der Waals surface area contributed by atoms with Crippen LogP contribution in [-0.2, 0) is 4.74 Å². The third-order valence-electron chi connectivity index (χ3n) is 3.98. The van der Waals surface area contributed by atoms with Crippen LogP contribution in [0, 0.1) is 0 Å². The molecule has 1 aromatic rings. The molecule has 0 radical (unpaired) electrons. The van der Waals surface area contributed by atoms with Crippen LogP contribution >= 0.6 is 0 Å². The van der Waals surface area contributed by atoms with Crippen molar-refractivity contribution in [1.29, 1.82) is 0 Å². The van der Waals surface area contributed by atoms with Crippen molar-refractivity contribution in [2.24, 2.45) is 0 Å². The van der Waals surface area contributed by atoms with E-state index in [-0.39, 0.29) is 11.7 Å². The second-order valence-electron chi connectivity index (χ2n) is 5.49. The molecule has 1 saturated heterocycles. The molecule has 1 aliphatic carbocycles. The summed E-state index contributed by atoms with van der Waals surface area (Å²) in [4.78, 5) is 18.7. The van der Waals surface area contributed by atoms with Crippen molar-refractivity contribution in [3.8, 4) is 0 Å². The Bertz CT molecular complexity index is 512. The van der Waals surface area contributed by atoms with Crippen molar-refractivity contribution in [1.82, 2.24) is 14.5 Å². The largest absolute Gasteiger partial charge is 0.374 e. The minimum absolute atomic E-state index is 0.0156. The van der Waals surface area contributed by atoms with Gasteiger partial charge < -0.3 is 14.6 Å². The zero-order chi connectivity index (χ0) is 13.9. The quantitative estimate of drug-likeness (QED) is 0.859. The number of ether oxygens (including phenoxy) is 1. The Morgan fingerprint density at radius 2 is 2.35 bits per heavy atom. The van der Waals surface area contributed by atoms with Crippen LogP contribution in [0.3, 0.4) is 0 Å². The van der Waals surface area contributed by atoms with Crippen LogP contribution in [0.4, 0.5) is 5.82 Å². The van der Waals surface area contributed by atoms with Gasteiger partial charge in [0.25, 0.3) is 5.56 Å². The summed E-state index contributed by atoms with van der Waals surface area (Å²) < 4.78 is 7.51. The number of nitrogens with zero attached hydrogens (tertiary/aromatic N) is 3. The Labute approximate surface area is 118 Å². The Kier molecular flexibility index (Phi) is 4.03. The van der Waals surface area contributed by atoms with E-state index in [1.165, 1.54) is 0 Å². The highest BCUT2D eigenvalue weighted by Crippen LogP contribution is 2.33. The van der Waals surface area contributed by atoms with E-state index in [0.717, 1.165) is 39.1 Å². The normalized spacial score (nSPS) is 23.8. The first-order valence-electron chi connectivity index (χ1n) is 7.43. The first kappa shape index (κ1) is 13.6. The number of hydrogen-bond acceptors (Lipinski definition) is 5. The standard InChI is InChI=1S/C14H22N4O2/c1-2-17-7-8-20-12(10-17)9-16-13-14(19)18(6-5-15-13)11-3-4-11/h5-6,11-12H,2-4,7-10H2,1H3,(H,15,16). The van der Waals surface area contributed by atoms with E-state index in [1.54, 1.807) is 17.0 Å². The lowest BCUT2D eigenvalue weighted by molar-refractivity contribution is -0.0192. The highest BCUT2D eigenvalue weighted by molar-refractivity contribution is 5.31. The zero-order valence-corrected chi connectivity index (χ0v) is 11.9. The smallest absolute Gasteiger partial charge is 0.293 e. The third-order valence-corrected chi connectivity index (χ3v) is 3.98. The van der Waals surface area contributed by atoms with Gasteiger partial charge in [0.15, 0.2) is 5.82 Å². The molecule has 6 nitrogen and oxygen atoms in total. The Balaban J connectivity index is 1.61. The van der Waals surface area contributed by atoms with Gasteiger partial charge in [0.05, 0.1) is 12.7 Å². The van der Waals surface area contributed by atoms with E-state index in [0.29, 0.717) is 18.4 Å². The summed E-state index contributed by atoms with van der Waals surface area (Å²) in [5, 5.41) is 3.15. The predicted molar refractivity (Wildman–Crippen MR) is 77.1 cm³/mol. The van der Waals surface area contributed by atoms with Crippen LogP contribution in [-0.4, -0.2) is 53.3 Å². The molecule has 0 bridgehead atoms. The average molecular weight is 278 g/mol. The molecule has 2 fully saturated rings. The second kappa shape index (κ2) is 5.93. The molecule has 1 unspecified atom stereocenters. The summed E-state index contributed by atoms with van der Waals surface area (Å²) in [5.74, 6) is 0.441. The molecule has 0 amide bonds. The van der Waals surface area contributed by atoms with Gasteiger partial charge in [-0.15, -0.1) is 0 Å². The maximum absolute atomic E-state index is 12.2. The molecule has 1 atom stereocenters. The maximum Gasteiger partial charge on any atom is 0.293 e. The molecule has 1 saturated carbocycles. The van der Waals surface area contributed by atoms with Crippen LogP contribution in [0.15, 0.2) is 17.2 Å². The van der Waals surface area contributed by atoms with Gasteiger partial charge in [0.2, 0.25) is 0 Å². The summed E-state index contributed by atoms with van der Waals surface area (Å²) in [5.41, 5.74) is -0.0156. The number of rotatable bonds is 5. The van der Waals surface area contributed by atoms with Crippen LogP contribution in [0.2, 0.25) is 0 Å². The van der Waals surface area contributed by atoms with E-state index in [1.807, 2.05) is 0 Å². The first-order valence-corrected chi connectivity index (χ1v) is 7.43. The fourth-order valence-corrected chi connectivity index (χ4v) is 2.59. The number of likely N-dealkylation sites (N-methyl/N-ethyl adjacent to an activating group) is 1. The molecule has 1 aliphatic heterocycles. The Morgan fingerprint density at radius 1 is 1.50 bits per heavy atom. The lowest BCUT2D eigenvalue weighted by atomic mass is 10.2. The van der Waals surface area contributed by atoms with Crippen LogP contribution in [0.1, 0.15) is 25.8 Å². The number of hydrogen-bond donors (Lipinski definition) is 1. The SMILES string of the molecule is CCN1CCOC(CNc2nccn(C3CC3)c2=O)C1. The highest BCUT2D eigenvalue weighted by Gasteiger charge is 2.25. The average Bonchev–Trinajstić information content (AvgIpc) is 3.31. The molecule has 0 aromatic carbocycles. The van der Waals surface area contributed by atoms with Gasteiger partial charge >= 0.3 is 0 Å². The van der Waals surface area contributed by atoms with E-state index >= 15 is 0 Å². The van der Waals surface area contributed by atoms with Crippen molar-refractivity contribution in [3.63, 3.8) is 0 Å². The molecule has 1 N–H and O–H groups in total. The summed E-state index contributed by atoms with van der Waals surface area (Å²) in [6, 6.07) is 0.382. The van der Waals surface area contributed by atoms with Gasteiger partial charge in [-0.3, -0.25) is 9.69 Å². The van der Waals surface area contributed by atoms with Gasteiger partial charge in [-0.2, -0.15) is 0 Å². The summed E-state index contributed by atoms with van der Waals surface area (Å²) in [6.07, 6.45) is 5.80. The number of morpholine rings is 1. The van der Waals surface area contributed by atoms with Gasteiger partial charge in [-0.1, -0.05) is 6.92 Å². The van der Waals surface area contributed by atoms with Crippen molar-refractivity contribution in [2.45, 2.75) is 31.9 Å². The second-order valence-corrected chi connectivity index (χ2v) is 5.49. The van der Waals surface area contributed by atoms with E-state index in [2.05, 4.69) is 22.1 Å². The van der Waals surface area contributed by atoms with Crippen LogP contribution in [0.5, 0.6) is 0 Å². The minimum atomic E-state index is -0.0156. The maximum atomic E-state index is 12.2. The lowest BCUT2D eigenvalue weighted by Crippen LogP contribution is -2.45. The predicted octanol–water partition coefficient (Wildman–Crippen LogP) is 0.711. The molecular weight excluding hydrogens is 256 g/mol. The number of aromatic nitrogens is 2. The summed E-state index contributed by atoms with van der Waals surface area (Å²) in [6.45, 7) is 6.49. The third kappa shape index (κ3) is 3.02. The molecule has 6 heteroatoms. The van der Waals surface area contributed by atoms with Crippen molar-refractivity contribution in [2.75, 3.05) is 38.1 Å². The van der Waals surface area contributed by atoms with Gasteiger partial charge in [0, 0.05) is 38.1 Å². The van der Waals surface area contributed by atoms with Crippen LogP contribution in [0.25, 0.3) is 0 Å². The Morgan fingerprint density at radius 3 is 3.10 bits per heavy atom. The molecular formula is C14H22N4O2. The number of nitrogens with one attached hydrogen (secondary N) is 1. The van der Waals surface area contributed by atoms with Gasteiger partial charge in [0.1, 0.15) is 0 Å². The Hall–Kier alpha value is -1.40. The van der Waals surface area contributed by atoms with Crippen molar-refractivity contribution >= 4 is 5.82 Å². The zero-order valence-electron chi connectivity index (χ0n) is 11.9. The van der Waals surface area contributed by atoms with Gasteiger partial charge in [-0.25, -0.2) is 4.98 Å². The molecule has 0 spiro atoms. The minimum Gasteiger partial charge on any atom is -0.374 e. The van der Waals surface area contributed by atoms with Crippen molar-refractivity contribution < 1.29 is 4.74 Å².